The number of amides is 3. The molecule has 0 aromatic heterocycles. The topological polar surface area (TPSA) is 210 Å². The van der Waals surface area contributed by atoms with Crippen LogP contribution in [0.1, 0.15) is 73.8 Å². The second-order valence-corrected chi connectivity index (χ2v) is 18.4. The van der Waals surface area contributed by atoms with E-state index in [0.29, 0.717) is 32.8 Å². The Bertz CT molecular complexity index is 2620. The molecule has 17 heteroatoms. The number of carbonyl (C=O) groups is 7. The van der Waals surface area contributed by atoms with Crippen molar-refractivity contribution in [2.24, 2.45) is 11.8 Å². The van der Waals surface area contributed by atoms with Gasteiger partial charge in [0, 0.05) is 18.2 Å². The average Bonchev–Trinajstić information content (AvgIpc) is 3.36. The number of thioether (sulfide) groups is 1. The fourth-order valence-electron chi connectivity index (χ4n) is 7.75. The summed E-state index contributed by atoms with van der Waals surface area (Å²) in [6, 6.07) is 41.0. The summed E-state index contributed by atoms with van der Waals surface area (Å²) in [5.74, 6) is -0.385. The molecule has 0 spiro atoms. The summed E-state index contributed by atoms with van der Waals surface area (Å²) in [6.07, 6.45) is -3.13. The third kappa shape index (κ3) is 12.1. The van der Waals surface area contributed by atoms with Crippen molar-refractivity contribution < 1.29 is 57.2 Å². The van der Waals surface area contributed by atoms with E-state index in [4.69, 9.17) is 29.5 Å². The van der Waals surface area contributed by atoms with Gasteiger partial charge in [0.2, 0.25) is 5.91 Å². The number of carbonyl (C=O) groups excluding carboxylic acids is 7. The van der Waals surface area contributed by atoms with Crippen molar-refractivity contribution in [3.63, 3.8) is 0 Å². The van der Waals surface area contributed by atoms with Crippen LogP contribution in [0.2, 0.25) is 0 Å². The molecule has 362 valence electrons. The van der Waals surface area contributed by atoms with Gasteiger partial charge in [0.1, 0.15) is 35.9 Å². The van der Waals surface area contributed by atoms with Gasteiger partial charge < -0.3 is 29.0 Å². The summed E-state index contributed by atoms with van der Waals surface area (Å²) < 4.78 is 28.5. The number of β-lactam (4-membered cyclic amide) rings is 1. The van der Waals surface area contributed by atoms with Crippen molar-refractivity contribution >= 4 is 53.5 Å². The first-order chi connectivity index (χ1) is 33.6. The molecule has 2 aliphatic heterocycles. The summed E-state index contributed by atoms with van der Waals surface area (Å²) in [5.41, 5.74) is 1.93. The quantitative estimate of drug-likeness (QED) is 0.0185. The van der Waals surface area contributed by atoms with Crippen LogP contribution in [0.15, 0.2) is 163 Å². The minimum atomic E-state index is -1.78. The van der Waals surface area contributed by atoms with Crippen molar-refractivity contribution in [3.05, 3.63) is 191 Å². The molecule has 1 saturated heterocycles. The highest BCUT2D eigenvalue weighted by Crippen LogP contribution is 2.42. The largest absolute Gasteiger partial charge is 0.461 e. The summed E-state index contributed by atoms with van der Waals surface area (Å²) >= 11 is 1.21. The van der Waals surface area contributed by atoms with E-state index in [-0.39, 0.29) is 23.6 Å². The van der Waals surface area contributed by atoms with Crippen LogP contribution in [-0.2, 0) is 52.5 Å². The molecule has 5 aromatic carbocycles. The van der Waals surface area contributed by atoms with E-state index in [9.17, 15) is 33.6 Å². The molecular weight excluding hydrogens is 917 g/mol. The Balaban J connectivity index is 1.10. The smallest absolute Gasteiger partial charge is 0.425 e. The lowest BCUT2D eigenvalue weighted by molar-refractivity contribution is -0.173. The van der Waals surface area contributed by atoms with Crippen molar-refractivity contribution in [3.8, 4) is 0 Å². The normalized spacial score (nSPS) is 16.2. The van der Waals surface area contributed by atoms with Crippen LogP contribution in [0.3, 0.4) is 0 Å². The first-order valence-corrected chi connectivity index (χ1v) is 23.4. The monoisotopic (exact) mass is 968 g/mol. The van der Waals surface area contributed by atoms with Crippen LogP contribution in [0.5, 0.6) is 0 Å². The predicted molar refractivity (Wildman–Crippen MR) is 256 cm³/mol. The van der Waals surface area contributed by atoms with Crippen molar-refractivity contribution in [1.29, 1.82) is 0 Å². The number of hydrogen-bond donors (Lipinski definition) is 2. The molecule has 4 atom stereocenters. The van der Waals surface area contributed by atoms with Crippen LogP contribution in [0.25, 0.3) is 0 Å². The van der Waals surface area contributed by atoms with Crippen LogP contribution >= 0.6 is 11.8 Å². The lowest BCUT2D eigenvalue weighted by Gasteiger charge is -2.50. The zero-order valence-electron chi connectivity index (χ0n) is 38.8. The Labute approximate surface area is 409 Å². The number of nitrogens with zero attached hydrogens (tertiary/aromatic N) is 2. The third-order valence-electron chi connectivity index (χ3n) is 11.1. The molecule has 70 heavy (non-hydrogen) atoms. The second kappa shape index (κ2) is 22.6. The van der Waals surface area contributed by atoms with E-state index in [2.05, 4.69) is 5.32 Å². The molecule has 0 radical (unpaired) electrons. The molecule has 0 saturated carbocycles. The zero-order valence-corrected chi connectivity index (χ0v) is 39.6. The van der Waals surface area contributed by atoms with E-state index >= 15 is 0 Å². The highest BCUT2D eigenvalue weighted by molar-refractivity contribution is 8.00. The molecule has 0 aliphatic carbocycles. The maximum atomic E-state index is 14.4. The number of benzene rings is 5. The Morgan fingerprint density at radius 3 is 1.60 bits per heavy atom. The highest BCUT2D eigenvalue weighted by atomic mass is 32.2. The molecule has 2 aliphatic rings. The van der Waals surface area contributed by atoms with E-state index in [0.717, 1.165) is 0 Å². The highest BCUT2D eigenvalue weighted by Gasteiger charge is 2.55. The van der Waals surface area contributed by atoms with Crippen molar-refractivity contribution in [2.75, 3.05) is 19.0 Å². The number of esters is 4. The number of hydrazine groups is 1. The maximum absolute atomic E-state index is 14.4. The van der Waals surface area contributed by atoms with Gasteiger partial charge in [-0.3, -0.25) is 28.9 Å². The van der Waals surface area contributed by atoms with Gasteiger partial charge in [-0.1, -0.05) is 152 Å². The zero-order chi connectivity index (χ0) is 50.0. The Kier molecular flexibility index (Phi) is 16.2. The molecule has 2 heterocycles. The van der Waals surface area contributed by atoms with Crippen molar-refractivity contribution in [2.45, 2.75) is 63.0 Å². The van der Waals surface area contributed by atoms with Gasteiger partial charge in [-0.2, -0.15) is 0 Å². The second-order valence-electron chi connectivity index (χ2n) is 17.3. The summed E-state index contributed by atoms with van der Waals surface area (Å²) in [5, 5.41) is 2.36. The molecule has 0 unspecified atom stereocenters. The van der Waals surface area contributed by atoms with Gasteiger partial charge in [0.15, 0.2) is 24.2 Å². The number of nitrogens with one attached hydrogen (secondary N) is 1. The van der Waals surface area contributed by atoms with Gasteiger partial charge >= 0.3 is 30.0 Å². The van der Waals surface area contributed by atoms with Gasteiger partial charge in [0.25, 0.3) is 5.91 Å². The van der Waals surface area contributed by atoms with E-state index in [1.165, 1.54) is 35.7 Å². The molecule has 0 bridgehead atoms. The third-order valence-corrected chi connectivity index (χ3v) is 12.4. The molecular formula is C53H52N4O12S. The summed E-state index contributed by atoms with van der Waals surface area (Å²) in [6.45, 7) is 4.86. The summed E-state index contributed by atoms with van der Waals surface area (Å²) in [7, 11) is 0. The van der Waals surface area contributed by atoms with Crippen LogP contribution in [0, 0.1) is 5.92 Å². The number of ether oxygens (including phenoxy) is 5. The minimum absolute atomic E-state index is 0.121. The minimum Gasteiger partial charge on any atom is -0.461 e. The van der Waals surface area contributed by atoms with Crippen LogP contribution in [0.4, 0.5) is 4.79 Å². The predicted octanol–water partition coefficient (Wildman–Crippen LogP) is 6.88. The fraction of sp³-hybridized carbons (Fsp3) is 0.264. The summed E-state index contributed by atoms with van der Waals surface area (Å²) in [4.78, 5) is 97.6. The van der Waals surface area contributed by atoms with Crippen molar-refractivity contribution in [1.82, 2.24) is 15.2 Å². The number of rotatable bonds is 17. The molecule has 16 nitrogen and oxygen atoms in total. The Hall–Kier alpha value is -7.76. The Morgan fingerprint density at radius 2 is 1.14 bits per heavy atom. The SMILES string of the molecule is CC(=O)OCC1=C(C(=O)OC(c2ccccc2)c2ccccc2)N2C(=O)[C@@H](NC(=O)[C@@H](c3ccccc3)N(N)C(=O)OC[C@H](C(=O)OC(c3ccccc3)c3ccccc3)C(=O)OC(C)(C)C)[C@H]2SC1. The van der Waals surface area contributed by atoms with Crippen LogP contribution in [-0.4, -0.2) is 87.7 Å². The maximum Gasteiger partial charge on any atom is 0.425 e. The van der Waals surface area contributed by atoms with E-state index in [1.807, 2.05) is 12.1 Å². The number of fused-ring (bicyclic) bond motifs is 1. The molecule has 1 fully saturated rings. The van der Waals surface area contributed by atoms with E-state index in [1.54, 1.807) is 148 Å². The van der Waals surface area contributed by atoms with Gasteiger partial charge in [-0.05, 0) is 48.6 Å². The first-order valence-electron chi connectivity index (χ1n) is 22.3. The lowest BCUT2D eigenvalue weighted by Crippen LogP contribution is -2.71. The number of nitrogens with two attached hydrogens (primary N) is 1. The molecule has 3 N–H and O–H groups in total. The standard InChI is InChI=1S/C53H52N4O12S/c1-33(58)65-30-39-32-70-48-41(47(60)56(48)43(39)51(63)68-45(37-26-16-8-17-27-37)38-28-18-9-19-29-38)55-46(59)42(34-20-10-5-11-21-34)57(54)52(64)66-31-40(50(62)69-53(2,3)4)49(61)67-44(35-22-12-6-13-23-35)36-24-14-7-15-25-36/h5-29,40-42,44-45,48H,30-32,54H2,1-4H3,(H,55,59)/t40-,41-,42-,48-/m1/s1. The molecule has 7 rings (SSSR count). The van der Waals surface area contributed by atoms with Gasteiger partial charge in [-0.25, -0.2) is 20.4 Å². The molecule has 5 aromatic rings. The molecule has 3 amide bonds. The van der Waals surface area contributed by atoms with Crippen LogP contribution < -0.4 is 11.2 Å². The lowest BCUT2D eigenvalue weighted by atomic mass is 10.00. The Morgan fingerprint density at radius 1 is 0.686 bits per heavy atom. The first kappa shape index (κ1) is 50.1. The van der Waals surface area contributed by atoms with Gasteiger partial charge in [-0.15, -0.1) is 11.8 Å². The average molecular weight is 969 g/mol. The van der Waals surface area contributed by atoms with Gasteiger partial charge in [0.05, 0.1) is 0 Å². The number of hydrogen-bond acceptors (Lipinski definition) is 14. The van der Waals surface area contributed by atoms with E-state index < -0.39 is 89.6 Å². The fourth-order valence-corrected chi connectivity index (χ4v) is 9.07.